The van der Waals surface area contributed by atoms with E-state index in [-0.39, 0.29) is 5.41 Å². The monoisotopic (exact) mass is 1370 g/mol. The van der Waals surface area contributed by atoms with Crippen molar-refractivity contribution in [3.8, 4) is 22.3 Å². The van der Waals surface area contributed by atoms with Crippen molar-refractivity contribution in [3.63, 3.8) is 0 Å². The van der Waals surface area contributed by atoms with Crippen molar-refractivity contribution in [2.45, 2.75) is 35.5 Å². The molecule has 0 amide bonds. The van der Waals surface area contributed by atoms with Crippen LogP contribution in [-0.4, -0.2) is 0 Å². The first-order valence-electron chi connectivity index (χ1n) is 37.9. The summed E-state index contributed by atoms with van der Waals surface area (Å²) in [5.41, 5.74) is 29.1. The average Bonchev–Trinajstić information content (AvgIpc) is 1.49. The van der Waals surface area contributed by atoms with Gasteiger partial charge >= 0.3 is 0 Å². The summed E-state index contributed by atoms with van der Waals surface area (Å²) in [5.74, 6) is 0. The summed E-state index contributed by atoms with van der Waals surface area (Å²) in [5, 5.41) is 9.85. The van der Waals surface area contributed by atoms with Gasteiger partial charge in [-0.05, 0) is 216 Å². The molecule has 4 aliphatic carbocycles. The first-order valence-corrected chi connectivity index (χ1v) is 37.9. The zero-order valence-electron chi connectivity index (χ0n) is 60.2. The van der Waals surface area contributed by atoms with Crippen molar-refractivity contribution in [2.75, 3.05) is 9.80 Å². The fourth-order valence-corrected chi connectivity index (χ4v) is 19.9. The molecule has 0 saturated heterocycles. The molecule has 18 aromatic carbocycles. The molecule has 0 aliphatic heterocycles. The van der Waals surface area contributed by atoms with Crippen LogP contribution in [0.2, 0.25) is 0 Å². The second-order valence-electron chi connectivity index (χ2n) is 30.1. The minimum atomic E-state index is -0.540. The zero-order chi connectivity index (χ0) is 71.7. The molecule has 0 bridgehead atoms. The van der Waals surface area contributed by atoms with Gasteiger partial charge in [-0.25, -0.2) is 0 Å². The van der Waals surface area contributed by atoms with Crippen LogP contribution in [0.15, 0.2) is 413 Å². The Balaban J connectivity index is 0.000000140. The highest BCUT2D eigenvalue weighted by molar-refractivity contribution is 5.99. The van der Waals surface area contributed by atoms with Crippen LogP contribution in [0.1, 0.15) is 91.7 Å². The molecule has 0 heterocycles. The Kier molecular flexibility index (Phi) is 14.4. The molecule has 508 valence electrons. The summed E-state index contributed by atoms with van der Waals surface area (Å²) >= 11 is 0. The van der Waals surface area contributed by atoms with Gasteiger partial charge in [0, 0.05) is 39.5 Å². The lowest BCUT2D eigenvalue weighted by atomic mass is 9.51. The smallest absolute Gasteiger partial charge is 0.0720 e. The predicted molar refractivity (Wildman–Crippen MR) is 451 cm³/mol. The second kappa shape index (κ2) is 24.6. The number of fused-ring (bicyclic) bond motifs is 22. The van der Waals surface area contributed by atoms with Crippen LogP contribution in [0, 0.1) is 0 Å². The van der Waals surface area contributed by atoms with Gasteiger partial charge in [-0.15, -0.1) is 0 Å². The normalized spacial score (nSPS) is 14.3. The molecule has 108 heavy (non-hydrogen) atoms. The lowest BCUT2D eigenvalue weighted by molar-refractivity contribution is 0.563. The van der Waals surface area contributed by atoms with Crippen LogP contribution in [0.25, 0.3) is 65.3 Å². The van der Waals surface area contributed by atoms with Crippen LogP contribution in [0.5, 0.6) is 0 Å². The van der Waals surface area contributed by atoms with Gasteiger partial charge in [-0.2, -0.15) is 0 Å². The molecule has 0 fully saturated rings. The minimum absolute atomic E-state index is 0.112. The standard InChI is InChI=1S/C58H39N.C48H35N/c1-3-21-44(22-4-1)57(45-23-5-2-6-24-45)53-27-13-15-29-55(53)58(56-30-16-14-28-54(56)57)51-26-12-11-25-49(51)50-39-48(35-36-52(50)58)59(46-33-31-40-17-7-9-19-42(40)37-46)47-34-32-41-18-8-10-20-43(41)38-47;1-47(2)43-19-9-11-21-45(43)48(46-22-12-10-20-44(46)47)41-18-8-7-17-39(41)40-31-38(27-28-42(40)48)49(36-25-23-32-13-3-5-15-34(32)29-36)37-26-24-33-14-4-6-16-35(33)30-37/h1-39H;3-31H,1-2H3. The fourth-order valence-electron chi connectivity index (χ4n) is 19.9. The Morgan fingerprint density at radius 1 is 0.157 bits per heavy atom. The lowest BCUT2D eigenvalue weighted by Gasteiger charge is -2.50. The molecule has 0 N–H and O–H groups in total. The highest BCUT2D eigenvalue weighted by Gasteiger charge is 2.57. The first kappa shape index (κ1) is 63.1. The van der Waals surface area contributed by atoms with Crippen LogP contribution in [0.4, 0.5) is 34.1 Å². The summed E-state index contributed by atoms with van der Waals surface area (Å²) in [7, 11) is 0. The highest BCUT2D eigenvalue weighted by Crippen LogP contribution is 2.66. The highest BCUT2D eigenvalue weighted by atomic mass is 15.1. The van der Waals surface area contributed by atoms with Gasteiger partial charge in [-0.1, -0.05) is 354 Å². The van der Waals surface area contributed by atoms with E-state index in [4.69, 9.17) is 0 Å². The Morgan fingerprint density at radius 3 is 0.704 bits per heavy atom. The van der Waals surface area contributed by atoms with Crippen molar-refractivity contribution < 1.29 is 0 Å². The Hall–Kier alpha value is -13.4. The van der Waals surface area contributed by atoms with Crippen LogP contribution in [-0.2, 0) is 21.7 Å². The van der Waals surface area contributed by atoms with E-state index in [1.807, 2.05) is 0 Å². The van der Waals surface area contributed by atoms with Crippen LogP contribution < -0.4 is 9.80 Å². The Morgan fingerprint density at radius 2 is 0.380 bits per heavy atom. The number of hydrogen-bond donors (Lipinski definition) is 0. The number of nitrogens with zero attached hydrogens (tertiary/aromatic N) is 2. The molecule has 2 heteroatoms. The minimum Gasteiger partial charge on any atom is -0.310 e. The van der Waals surface area contributed by atoms with Gasteiger partial charge in [-0.3, -0.25) is 0 Å². The van der Waals surface area contributed by atoms with Gasteiger partial charge in [0.15, 0.2) is 0 Å². The molecule has 0 aromatic heterocycles. The van der Waals surface area contributed by atoms with E-state index in [9.17, 15) is 0 Å². The van der Waals surface area contributed by atoms with Gasteiger partial charge in [0.2, 0.25) is 0 Å². The summed E-state index contributed by atoms with van der Waals surface area (Å²) < 4.78 is 0. The molecular formula is C106H74N2. The third-order valence-corrected chi connectivity index (χ3v) is 24.4. The maximum Gasteiger partial charge on any atom is 0.0720 e. The van der Waals surface area contributed by atoms with Crippen LogP contribution in [0.3, 0.4) is 0 Å². The average molecular weight is 1380 g/mol. The summed E-state index contributed by atoms with van der Waals surface area (Å²) in [6.45, 7) is 4.76. The molecular weight excluding hydrogens is 1300 g/mol. The third kappa shape index (κ3) is 9.20. The maximum absolute atomic E-state index is 2.45. The maximum atomic E-state index is 2.45. The molecule has 4 aliphatic rings. The van der Waals surface area contributed by atoms with Crippen LogP contribution >= 0.6 is 0 Å². The molecule has 0 atom stereocenters. The largest absolute Gasteiger partial charge is 0.310 e. The quantitative estimate of drug-likeness (QED) is 0.150. The van der Waals surface area contributed by atoms with Gasteiger partial charge in [0.25, 0.3) is 0 Å². The molecule has 0 radical (unpaired) electrons. The van der Waals surface area contributed by atoms with E-state index in [1.54, 1.807) is 0 Å². The molecule has 2 spiro atoms. The number of hydrogen-bond acceptors (Lipinski definition) is 2. The number of anilines is 6. The van der Waals surface area contributed by atoms with E-state index < -0.39 is 16.2 Å². The van der Waals surface area contributed by atoms with Crippen molar-refractivity contribution in [1.82, 2.24) is 0 Å². The SMILES string of the molecule is CC1(C)c2ccccc2C2(c3ccccc3-c3cc(N(c4ccc5ccccc5c4)c4ccc5ccccc5c4)ccc32)c2ccccc21.c1ccc(C2(c3ccccc3)c3ccccc3C3(c4ccccc4-c4cc(N(c5ccc6ccccc6c5)c5ccc6ccccc6c5)ccc43)c3ccccc32)cc1. The van der Waals surface area contributed by atoms with Crippen molar-refractivity contribution in [2.24, 2.45) is 0 Å². The Labute approximate surface area is 631 Å². The summed E-state index contributed by atoms with van der Waals surface area (Å²) in [6, 6.07) is 154. The first-order chi connectivity index (χ1) is 53.3. The molecule has 0 unspecified atom stereocenters. The van der Waals surface area contributed by atoms with Gasteiger partial charge in [0.1, 0.15) is 0 Å². The van der Waals surface area contributed by atoms with Crippen molar-refractivity contribution >= 4 is 77.2 Å². The van der Waals surface area contributed by atoms with E-state index in [1.165, 1.54) is 143 Å². The zero-order valence-corrected chi connectivity index (χ0v) is 60.2. The Bertz CT molecular complexity index is 6340. The number of rotatable bonds is 8. The summed E-state index contributed by atoms with van der Waals surface area (Å²) in [4.78, 5) is 4.87. The van der Waals surface area contributed by atoms with E-state index in [0.717, 1.165) is 34.1 Å². The molecule has 22 rings (SSSR count). The number of benzene rings is 18. The third-order valence-electron chi connectivity index (χ3n) is 24.4. The fraction of sp³-hybridized carbons (Fsp3) is 0.0566. The molecule has 0 saturated carbocycles. The van der Waals surface area contributed by atoms with Gasteiger partial charge < -0.3 is 9.80 Å². The van der Waals surface area contributed by atoms with E-state index in [0.29, 0.717) is 0 Å². The van der Waals surface area contributed by atoms with Gasteiger partial charge in [0.05, 0.1) is 16.2 Å². The second-order valence-corrected chi connectivity index (χ2v) is 30.1. The van der Waals surface area contributed by atoms with Crippen molar-refractivity contribution in [3.05, 3.63) is 490 Å². The molecule has 18 aromatic rings. The topological polar surface area (TPSA) is 6.48 Å². The summed E-state index contributed by atoms with van der Waals surface area (Å²) in [6.07, 6.45) is 0. The molecule has 2 nitrogen and oxygen atoms in total. The predicted octanol–water partition coefficient (Wildman–Crippen LogP) is 27.0. The van der Waals surface area contributed by atoms with E-state index >= 15 is 0 Å². The van der Waals surface area contributed by atoms with Crippen molar-refractivity contribution in [1.29, 1.82) is 0 Å². The van der Waals surface area contributed by atoms with E-state index in [2.05, 4.69) is 436 Å². The lowest BCUT2D eigenvalue weighted by Crippen LogP contribution is -2.44.